The van der Waals surface area contributed by atoms with Gasteiger partial charge in [0.1, 0.15) is 0 Å². The molecular weight excluding hydrogens is 218 g/mol. The molecule has 1 unspecified atom stereocenters. The molecule has 0 aromatic heterocycles. The number of sulfone groups is 1. The highest BCUT2D eigenvalue weighted by atomic mass is 32.2. The van der Waals surface area contributed by atoms with E-state index in [2.05, 4.69) is 19.2 Å². The summed E-state index contributed by atoms with van der Waals surface area (Å²) in [5, 5.41) is 3.21. The molecule has 0 spiro atoms. The first kappa shape index (κ1) is 14.3. The Bertz CT molecular complexity index is 227. The van der Waals surface area contributed by atoms with E-state index < -0.39 is 9.84 Å². The Morgan fingerprint density at radius 3 is 2.50 bits per heavy atom. The summed E-state index contributed by atoms with van der Waals surface area (Å²) in [5.74, 6) is 2.65. The van der Waals surface area contributed by atoms with Gasteiger partial charge in [0.25, 0.3) is 0 Å². The van der Waals surface area contributed by atoms with E-state index in [0.717, 1.165) is 11.5 Å². The summed E-state index contributed by atoms with van der Waals surface area (Å²) in [6, 6.07) is 0.395. The first-order valence-electron chi connectivity index (χ1n) is 5.03. The fourth-order valence-corrected chi connectivity index (χ4v) is 2.38. The van der Waals surface area contributed by atoms with Crippen molar-refractivity contribution in [1.82, 2.24) is 5.32 Å². The molecule has 0 aromatic carbocycles. The minimum absolute atomic E-state index is 0.243. The molecular formula is C9H21NO2S2. The van der Waals surface area contributed by atoms with E-state index in [1.165, 1.54) is 0 Å². The quantitative estimate of drug-likeness (QED) is 0.690. The summed E-state index contributed by atoms with van der Waals surface area (Å²) in [6.45, 7) is 6.47. The second kappa shape index (κ2) is 7.54. The maximum atomic E-state index is 11.1. The van der Waals surface area contributed by atoms with Crippen molar-refractivity contribution in [2.45, 2.75) is 26.8 Å². The maximum Gasteiger partial charge on any atom is 0.151 e. The molecule has 0 saturated carbocycles. The SMILES string of the molecule is CCSCC(C)NCCS(=O)(=O)CC. The minimum Gasteiger partial charge on any atom is -0.312 e. The van der Waals surface area contributed by atoms with Gasteiger partial charge < -0.3 is 5.32 Å². The highest BCUT2D eigenvalue weighted by molar-refractivity contribution is 7.99. The van der Waals surface area contributed by atoms with E-state index in [0.29, 0.717) is 12.6 Å². The molecule has 5 heteroatoms. The zero-order valence-electron chi connectivity index (χ0n) is 9.25. The van der Waals surface area contributed by atoms with Crippen LogP contribution in [0.4, 0.5) is 0 Å². The van der Waals surface area contributed by atoms with Gasteiger partial charge in [-0.2, -0.15) is 11.8 Å². The van der Waals surface area contributed by atoms with Gasteiger partial charge >= 0.3 is 0 Å². The lowest BCUT2D eigenvalue weighted by Gasteiger charge is -2.12. The van der Waals surface area contributed by atoms with Gasteiger partial charge in [0, 0.05) is 24.1 Å². The van der Waals surface area contributed by atoms with Crippen LogP contribution in [-0.2, 0) is 9.84 Å². The molecule has 1 atom stereocenters. The van der Waals surface area contributed by atoms with Crippen LogP contribution in [-0.4, -0.2) is 44.0 Å². The third-order valence-electron chi connectivity index (χ3n) is 1.92. The third-order valence-corrected chi connectivity index (χ3v) is 4.77. The average Bonchev–Trinajstić information content (AvgIpc) is 2.14. The summed E-state index contributed by atoms with van der Waals surface area (Å²) in [7, 11) is -2.80. The Morgan fingerprint density at radius 1 is 1.36 bits per heavy atom. The molecule has 0 heterocycles. The second-order valence-corrected chi connectivity index (χ2v) is 7.04. The van der Waals surface area contributed by atoms with E-state index in [1.54, 1.807) is 6.92 Å². The third kappa shape index (κ3) is 7.64. The Labute approximate surface area is 92.0 Å². The average molecular weight is 239 g/mol. The lowest BCUT2D eigenvalue weighted by atomic mass is 10.4. The van der Waals surface area contributed by atoms with Gasteiger partial charge in [-0.25, -0.2) is 8.42 Å². The van der Waals surface area contributed by atoms with Gasteiger partial charge in [-0.05, 0) is 12.7 Å². The molecule has 0 aromatic rings. The van der Waals surface area contributed by atoms with Crippen LogP contribution in [0.3, 0.4) is 0 Å². The molecule has 0 aliphatic carbocycles. The van der Waals surface area contributed by atoms with Crippen molar-refractivity contribution < 1.29 is 8.42 Å². The number of rotatable bonds is 8. The summed E-state index contributed by atoms with van der Waals surface area (Å²) >= 11 is 1.87. The predicted octanol–water partition coefficient (Wildman–Crippen LogP) is 1.15. The largest absolute Gasteiger partial charge is 0.312 e. The van der Waals surface area contributed by atoms with E-state index in [9.17, 15) is 8.42 Å². The summed E-state index contributed by atoms with van der Waals surface area (Å²) < 4.78 is 22.3. The molecule has 0 radical (unpaired) electrons. The number of thioether (sulfide) groups is 1. The zero-order chi connectivity index (χ0) is 11.0. The van der Waals surface area contributed by atoms with Gasteiger partial charge in [0.15, 0.2) is 9.84 Å². The topological polar surface area (TPSA) is 46.2 Å². The van der Waals surface area contributed by atoms with Gasteiger partial charge in [-0.15, -0.1) is 0 Å². The summed E-state index contributed by atoms with van der Waals surface area (Å²) in [5.41, 5.74) is 0. The second-order valence-electron chi connectivity index (χ2n) is 3.25. The van der Waals surface area contributed by atoms with Crippen LogP contribution in [0.15, 0.2) is 0 Å². The highest BCUT2D eigenvalue weighted by Gasteiger charge is 2.07. The van der Waals surface area contributed by atoms with Crippen LogP contribution in [0.2, 0.25) is 0 Å². The standard InChI is InChI=1S/C9H21NO2S2/c1-4-13-8-9(3)10-6-7-14(11,12)5-2/h9-10H,4-8H2,1-3H3. The molecule has 3 nitrogen and oxygen atoms in total. The van der Waals surface area contributed by atoms with Crippen LogP contribution in [0, 0.1) is 0 Å². The van der Waals surface area contributed by atoms with Crippen molar-refractivity contribution in [3.63, 3.8) is 0 Å². The molecule has 0 rings (SSSR count). The van der Waals surface area contributed by atoms with Crippen LogP contribution in [0.25, 0.3) is 0 Å². The molecule has 14 heavy (non-hydrogen) atoms. The zero-order valence-corrected chi connectivity index (χ0v) is 10.9. The normalized spacial score (nSPS) is 14.2. The monoisotopic (exact) mass is 239 g/mol. The summed E-state index contributed by atoms with van der Waals surface area (Å²) in [4.78, 5) is 0. The molecule has 86 valence electrons. The van der Waals surface area contributed by atoms with E-state index in [-0.39, 0.29) is 11.5 Å². The maximum absolute atomic E-state index is 11.1. The first-order valence-corrected chi connectivity index (χ1v) is 8.01. The Hall–Kier alpha value is 0.260. The molecule has 0 bridgehead atoms. The Morgan fingerprint density at radius 2 is 2.00 bits per heavy atom. The van der Waals surface area contributed by atoms with Crippen LogP contribution < -0.4 is 5.32 Å². The van der Waals surface area contributed by atoms with E-state index >= 15 is 0 Å². The first-order chi connectivity index (χ1) is 6.52. The van der Waals surface area contributed by atoms with E-state index in [4.69, 9.17) is 0 Å². The summed E-state index contributed by atoms with van der Waals surface area (Å²) in [6.07, 6.45) is 0. The van der Waals surface area contributed by atoms with Crippen molar-refractivity contribution in [3.8, 4) is 0 Å². The molecule has 0 saturated heterocycles. The van der Waals surface area contributed by atoms with Crippen molar-refractivity contribution in [2.24, 2.45) is 0 Å². The van der Waals surface area contributed by atoms with Crippen molar-refractivity contribution in [2.75, 3.05) is 29.6 Å². The number of nitrogens with one attached hydrogen (secondary N) is 1. The number of hydrogen-bond acceptors (Lipinski definition) is 4. The minimum atomic E-state index is -2.80. The van der Waals surface area contributed by atoms with Crippen LogP contribution >= 0.6 is 11.8 Å². The van der Waals surface area contributed by atoms with Gasteiger partial charge in [-0.3, -0.25) is 0 Å². The van der Waals surface area contributed by atoms with Crippen molar-refractivity contribution >= 4 is 21.6 Å². The predicted molar refractivity (Wildman–Crippen MR) is 64.8 cm³/mol. The van der Waals surface area contributed by atoms with E-state index in [1.807, 2.05) is 11.8 Å². The number of hydrogen-bond donors (Lipinski definition) is 1. The van der Waals surface area contributed by atoms with Crippen molar-refractivity contribution in [3.05, 3.63) is 0 Å². The molecule has 0 amide bonds. The molecule has 0 fully saturated rings. The Kier molecular flexibility index (Phi) is 7.68. The fraction of sp³-hybridized carbons (Fsp3) is 1.00. The van der Waals surface area contributed by atoms with Gasteiger partial charge in [-0.1, -0.05) is 13.8 Å². The Balaban J connectivity index is 3.54. The fourth-order valence-electron chi connectivity index (χ4n) is 0.959. The highest BCUT2D eigenvalue weighted by Crippen LogP contribution is 2.00. The molecule has 0 aliphatic heterocycles. The smallest absolute Gasteiger partial charge is 0.151 e. The lowest BCUT2D eigenvalue weighted by molar-refractivity contribution is 0.581. The van der Waals surface area contributed by atoms with Crippen LogP contribution in [0.5, 0.6) is 0 Å². The van der Waals surface area contributed by atoms with Gasteiger partial charge in [0.05, 0.1) is 5.75 Å². The molecule has 1 N–H and O–H groups in total. The van der Waals surface area contributed by atoms with Gasteiger partial charge in [0.2, 0.25) is 0 Å². The molecule has 0 aliphatic rings. The van der Waals surface area contributed by atoms with Crippen LogP contribution in [0.1, 0.15) is 20.8 Å². The lowest BCUT2D eigenvalue weighted by Crippen LogP contribution is -2.33. The van der Waals surface area contributed by atoms with Crippen molar-refractivity contribution in [1.29, 1.82) is 0 Å².